The van der Waals surface area contributed by atoms with Gasteiger partial charge in [0, 0.05) is 0 Å². The molecule has 0 aliphatic carbocycles. The second-order valence-corrected chi connectivity index (χ2v) is 8.39. The van der Waals surface area contributed by atoms with Crippen molar-refractivity contribution >= 4 is 21.0 Å². The number of hydrogen-bond donors (Lipinski definition) is 0. The average Bonchev–Trinajstić information content (AvgIpc) is 2.39. The summed E-state index contributed by atoms with van der Waals surface area (Å²) in [6.45, 7) is 6.53. The van der Waals surface area contributed by atoms with Crippen molar-refractivity contribution in [2.75, 3.05) is 0 Å². The quantitative estimate of drug-likeness (QED) is 0.598. The third-order valence-electron chi connectivity index (χ3n) is 2.83. The third-order valence-corrected chi connectivity index (χ3v) is 5.71. The van der Waals surface area contributed by atoms with Crippen LogP contribution in [0.15, 0.2) is 64.4 Å². The van der Waals surface area contributed by atoms with E-state index >= 15 is 0 Å². The Labute approximate surface area is 122 Å². The Morgan fingerprint density at radius 2 is 1.47 bits per heavy atom. The van der Waals surface area contributed by atoms with Crippen LogP contribution >= 0.6 is 10.8 Å². The van der Waals surface area contributed by atoms with Crippen LogP contribution in [0.1, 0.15) is 26.3 Å². The summed E-state index contributed by atoms with van der Waals surface area (Å²) in [5.41, 5.74) is 1.39. The predicted octanol–water partition coefficient (Wildman–Crippen LogP) is 4.80. The maximum absolute atomic E-state index is 12.2. The van der Waals surface area contributed by atoms with Crippen LogP contribution < -0.4 is 0 Å². The molecule has 100 valence electrons. The van der Waals surface area contributed by atoms with Gasteiger partial charge in [-0.15, -0.1) is 0 Å². The lowest BCUT2D eigenvalue weighted by molar-refractivity contribution is 0.588. The summed E-state index contributed by atoms with van der Waals surface area (Å²) in [5.74, 6) is 0. The highest BCUT2D eigenvalue weighted by atomic mass is 33.1. The SMILES string of the molecule is CC(C)(C)c1ccc([S+]([O-])Sc2ccccc2)cc1. The molecule has 0 aliphatic heterocycles. The molecule has 0 bridgehead atoms. The molecule has 0 radical (unpaired) electrons. The van der Waals surface area contributed by atoms with Crippen LogP contribution in [0, 0.1) is 0 Å². The molecule has 0 heterocycles. The van der Waals surface area contributed by atoms with Gasteiger partial charge in [0.05, 0.1) is 15.1 Å². The van der Waals surface area contributed by atoms with Gasteiger partial charge in [-0.25, -0.2) is 0 Å². The Bertz CT molecular complexity index is 515. The summed E-state index contributed by atoms with van der Waals surface area (Å²) < 4.78 is 12.2. The van der Waals surface area contributed by atoms with Crippen LogP contribution in [0.2, 0.25) is 0 Å². The molecule has 0 saturated carbocycles. The average molecular weight is 290 g/mol. The van der Waals surface area contributed by atoms with Gasteiger partial charge >= 0.3 is 0 Å². The van der Waals surface area contributed by atoms with E-state index in [0.29, 0.717) is 0 Å². The third kappa shape index (κ3) is 4.03. The molecule has 1 nitrogen and oxygen atoms in total. The van der Waals surface area contributed by atoms with E-state index < -0.39 is 10.2 Å². The molecule has 1 atom stereocenters. The minimum absolute atomic E-state index is 0.132. The Hall–Kier alpha value is -0.900. The molecule has 2 aromatic rings. The molecular weight excluding hydrogens is 272 g/mol. The Morgan fingerprint density at radius 3 is 2.00 bits per heavy atom. The van der Waals surface area contributed by atoms with Crippen molar-refractivity contribution in [1.29, 1.82) is 0 Å². The lowest BCUT2D eigenvalue weighted by Crippen LogP contribution is -2.10. The Balaban J connectivity index is 2.10. The van der Waals surface area contributed by atoms with Crippen LogP contribution in [0.25, 0.3) is 0 Å². The van der Waals surface area contributed by atoms with Gasteiger partial charge < -0.3 is 4.55 Å². The summed E-state index contributed by atoms with van der Waals surface area (Å²) in [4.78, 5) is 1.89. The van der Waals surface area contributed by atoms with Gasteiger partial charge in [-0.1, -0.05) is 51.1 Å². The zero-order valence-corrected chi connectivity index (χ0v) is 13.1. The van der Waals surface area contributed by atoms with Crippen LogP contribution in [-0.2, 0) is 15.6 Å². The minimum Gasteiger partial charge on any atom is -0.600 e. The van der Waals surface area contributed by atoms with E-state index in [-0.39, 0.29) is 5.41 Å². The molecule has 0 spiro atoms. The van der Waals surface area contributed by atoms with Crippen molar-refractivity contribution < 1.29 is 4.55 Å². The Morgan fingerprint density at radius 1 is 0.895 bits per heavy atom. The van der Waals surface area contributed by atoms with E-state index in [1.165, 1.54) is 16.4 Å². The fraction of sp³-hybridized carbons (Fsp3) is 0.250. The molecule has 1 unspecified atom stereocenters. The van der Waals surface area contributed by atoms with Crippen LogP contribution in [0.3, 0.4) is 0 Å². The predicted molar refractivity (Wildman–Crippen MR) is 83.8 cm³/mol. The second-order valence-electron chi connectivity index (χ2n) is 5.41. The smallest absolute Gasteiger partial charge is 0.166 e. The summed E-state index contributed by atoms with van der Waals surface area (Å²) in [5, 5.41) is 0. The van der Waals surface area contributed by atoms with Crippen molar-refractivity contribution in [1.82, 2.24) is 0 Å². The highest BCUT2D eigenvalue weighted by Gasteiger charge is 2.17. The fourth-order valence-electron chi connectivity index (χ4n) is 1.68. The molecule has 2 rings (SSSR count). The standard InChI is InChI=1S/C16H18OS2/c1-16(2,3)13-9-11-15(12-10-13)19(17)18-14-7-5-4-6-8-14/h4-12H,1-3H3. The maximum Gasteiger partial charge on any atom is 0.166 e. The molecule has 19 heavy (non-hydrogen) atoms. The molecule has 2 aromatic carbocycles. The lowest BCUT2D eigenvalue weighted by Gasteiger charge is -2.19. The van der Waals surface area contributed by atoms with Gasteiger partial charge in [-0.3, -0.25) is 0 Å². The molecule has 0 amide bonds. The van der Waals surface area contributed by atoms with Crippen LogP contribution in [-0.4, -0.2) is 4.55 Å². The summed E-state index contributed by atoms with van der Waals surface area (Å²) in [7, 11) is 0.329. The fourth-order valence-corrected chi connectivity index (χ4v) is 4.05. The summed E-state index contributed by atoms with van der Waals surface area (Å²) >= 11 is 0. The highest BCUT2D eigenvalue weighted by Crippen LogP contribution is 2.31. The molecular formula is C16H18OS2. The first-order valence-corrected chi connectivity index (χ1v) is 8.71. The minimum atomic E-state index is -1.05. The van der Waals surface area contributed by atoms with Crippen LogP contribution in [0.5, 0.6) is 0 Å². The molecule has 0 fully saturated rings. The molecule has 0 N–H and O–H groups in total. The first-order chi connectivity index (χ1) is 8.97. The van der Waals surface area contributed by atoms with E-state index in [9.17, 15) is 4.55 Å². The normalized spacial score (nSPS) is 13.3. The van der Waals surface area contributed by atoms with Gasteiger partial charge in [0.25, 0.3) is 0 Å². The summed E-state index contributed by atoms with van der Waals surface area (Å²) in [6.07, 6.45) is 0. The summed E-state index contributed by atoms with van der Waals surface area (Å²) in [6, 6.07) is 17.9. The second kappa shape index (κ2) is 6.04. The van der Waals surface area contributed by atoms with Crippen molar-refractivity contribution in [3.05, 3.63) is 60.2 Å². The van der Waals surface area contributed by atoms with E-state index in [1.807, 2.05) is 42.5 Å². The van der Waals surface area contributed by atoms with Gasteiger partial charge in [-0.05, 0) is 35.2 Å². The van der Waals surface area contributed by atoms with E-state index in [0.717, 1.165) is 9.79 Å². The van der Waals surface area contributed by atoms with E-state index in [1.54, 1.807) is 0 Å². The molecule has 0 aromatic heterocycles. The molecule has 3 heteroatoms. The monoisotopic (exact) mass is 290 g/mol. The number of rotatable bonds is 3. The van der Waals surface area contributed by atoms with Crippen molar-refractivity contribution in [3.63, 3.8) is 0 Å². The zero-order chi connectivity index (χ0) is 13.9. The molecule has 0 saturated heterocycles. The largest absolute Gasteiger partial charge is 0.600 e. The van der Waals surface area contributed by atoms with Crippen molar-refractivity contribution in [3.8, 4) is 0 Å². The maximum atomic E-state index is 12.2. The van der Waals surface area contributed by atoms with Gasteiger partial charge in [0.1, 0.15) is 10.8 Å². The van der Waals surface area contributed by atoms with Gasteiger partial charge in [-0.2, -0.15) is 0 Å². The van der Waals surface area contributed by atoms with Crippen molar-refractivity contribution in [2.45, 2.75) is 36.0 Å². The van der Waals surface area contributed by atoms with Gasteiger partial charge in [0.2, 0.25) is 0 Å². The number of hydrogen-bond acceptors (Lipinski definition) is 2. The van der Waals surface area contributed by atoms with E-state index in [2.05, 4.69) is 32.9 Å². The zero-order valence-electron chi connectivity index (χ0n) is 11.4. The number of benzene rings is 2. The highest BCUT2D eigenvalue weighted by molar-refractivity contribution is 8.72. The van der Waals surface area contributed by atoms with Crippen molar-refractivity contribution in [2.24, 2.45) is 0 Å². The van der Waals surface area contributed by atoms with E-state index in [4.69, 9.17) is 0 Å². The topological polar surface area (TPSA) is 23.1 Å². The Kier molecular flexibility index (Phi) is 4.61. The first kappa shape index (κ1) is 14.5. The molecule has 0 aliphatic rings. The van der Waals surface area contributed by atoms with Crippen LogP contribution in [0.4, 0.5) is 0 Å². The first-order valence-electron chi connectivity index (χ1n) is 6.22. The lowest BCUT2D eigenvalue weighted by atomic mass is 9.87. The van der Waals surface area contributed by atoms with Gasteiger partial charge in [0.15, 0.2) is 4.90 Å².